The number of carboxylic acids is 1. The lowest BCUT2D eigenvalue weighted by atomic mass is 9.65. The van der Waals surface area contributed by atoms with E-state index in [0.717, 1.165) is 5.56 Å². The van der Waals surface area contributed by atoms with Crippen LogP contribution in [0.3, 0.4) is 0 Å². The van der Waals surface area contributed by atoms with E-state index in [0.29, 0.717) is 37.1 Å². The second-order valence-electron chi connectivity index (χ2n) is 10.5. The van der Waals surface area contributed by atoms with Gasteiger partial charge in [-0.25, -0.2) is 0 Å². The summed E-state index contributed by atoms with van der Waals surface area (Å²) in [6.45, 7) is 5.85. The highest BCUT2D eigenvalue weighted by Gasteiger charge is 2.45. The Balaban J connectivity index is 1.80. The molecule has 9 heteroatoms. The Labute approximate surface area is 229 Å². The van der Waals surface area contributed by atoms with Crippen LogP contribution in [-0.4, -0.2) is 45.9 Å². The molecule has 6 unspecified atom stereocenters. The molecule has 0 radical (unpaired) electrons. The number of hydroxylamine groups is 1. The van der Waals surface area contributed by atoms with Crippen molar-refractivity contribution < 1.29 is 39.0 Å². The van der Waals surface area contributed by atoms with E-state index in [2.05, 4.69) is 5.48 Å². The van der Waals surface area contributed by atoms with Gasteiger partial charge in [-0.15, -0.1) is 0 Å². The number of aliphatic hydroxyl groups excluding tert-OH is 1. The lowest BCUT2D eigenvalue weighted by molar-refractivity contribution is -0.157. The van der Waals surface area contributed by atoms with Gasteiger partial charge in [0.05, 0.1) is 30.7 Å². The van der Waals surface area contributed by atoms with Crippen molar-refractivity contribution in [3.63, 3.8) is 0 Å². The first-order valence-electron chi connectivity index (χ1n) is 13.6. The summed E-state index contributed by atoms with van der Waals surface area (Å²) in [5.41, 5.74) is 5.28. The normalized spacial score (nSPS) is 24.1. The number of carbonyl (C=O) groups is 4. The Kier molecular flexibility index (Phi) is 11.0. The topological polar surface area (TPSA) is 139 Å². The minimum Gasteiger partial charge on any atom is -0.481 e. The number of hydrogen-bond donors (Lipinski definition) is 3. The third kappa shape index (κ3) is 8.34. The number of Topliss-reactive ketones (excluding diaryl/α,β-unsaturated/α-hetero) is 1. The molecule has 0 spiro atoms. The molecule has 3 rings (SSSR count). The zero-order chi connectivity index (χ0) is 28.5. The van der Waals surface area contributed by atoms with Gasteiger partial charge in [0.15, 0.2) is 5.78 Å². The van der Waals surface area contributed by atoms with Gasteiger partial charge in [-0.3, -0.25) is 29.5 Å². The first kappa shape index (κ1) is 30.2. The van der Waals surface area contributed by atoms with Gasteiger partial charge < -0.3 is 14.9 Å². The van der Waals surface area contributed by atoms with Gasteiger partial charge in [0, 0.05) is 31.1 Å². The number of ketones is 2. The number of fused-ring (bicyclic) bond motifs is 1. The van der Waals surface area contributed by atoms with Crippen LogP contribution in [0.1, 0.15) is 64.9 Å². The fourth-order valence-corrected chi connectivity index (χ4v) is 5.19. The molecular weight excluding hydrogens is 502 g/mol. The molecule has 0 fully saturated rings. The van der Waals surface area contributed by atoms with Crippen LogP contribution in [-0.2, 0) is 35.4 Å². The maximum absolute atomic E-state index is 13.1. The molecule has 0 bridgehead atoms. The van der Waals surface area contributed by atoms with Crippen molar-refractivity contribution in [3.05, 3.63) is 59.3 Å². The Morgan fingerprint density at radius 2 is 1.87 bits per heavy atom. The summed E-state index contributed by atoms with van der Waals surface area (Å²) < 4.78 is 5.97. The Hall–Kier alpha value is -3.30. The minimum atomic E-state index is -1.25. The molecule has 3 N–H and O–H groups in total. The zero-order valence-corrected chi connectivity index (χ0v) is 22.8. The Morgan fingerprint density at radius 1 is 1.15 bits per heavy atom. The first-order valence-corrected chi connectivity index (χ1v) is 13.6. The quantitative estimate of drug-likeness (QED) is 0.236. The number of ether oxygens (including phenoxy) is 1. The summed E-state index contributed by atoms with van der Waals surface area (Å²) in [5, 5.41) is 18.7. The molecular formula is C30H39NO8. The van der Waals surface area contributed by atoms with Crippen molar-refractivity contribution in [2.24, 2.45) is 23.7 Å². The summed E-state index contributed by atoms with van der Waals surface area (Å²) in [4.78, 5) is 55.0. The molecule has 0 amide bonds. The van der Waals surface area contributed by atoms with E-state index >= 15 is 0 Å². The molecule has 39 heavy (non-hydrogen) atoms. The van der Waals surface area contributed by atoms with Crippen LogP contribution in [0.2, 0.25) is 0 Å². The van der Waals surface area contributed by atoms with Crippen LogP contribution in [0.5, 0.6) is 0 Å². The number of aliphatic carboxylic acids is 1. The summed E-state index contributed by atoms with van der Waals surface area (Å²) in [6, 6.07) is 9.64. The van der Waals surface area contributed by atoms with E-state index in [1.54, 1.807) is 6.08 Å². The number of rotatable bonds is 14. The second-order valence-corrected chi connectivity index (χ2v) is 10.5. The minimum absolute atomic E-state index is 0.0752. The van der Waals surface area contributed by atoms with E-state index in [1.807, 2.05) is 57.2 Å². The number of benzene rings is 1. The smallest absolute Gasteiger partial charge is 0.308 e. The maximum Gasteiger partial charge on any atom is 0.308 e. The van der Waals surface area contributed by atoms with Crippen LogP contribution in [0.15, 0.2) is 53.8 Å². The van der Waals surface area contributed by atoms with Gasteiger partial charge in [0.2, 0.25) is 0 Å². The summed E-state index contributed by atoms with van der Waals surface area (Å²) >= 11 is 0. The number of hydrogen-bond acceptors (Lipinski definition) is 8. The summed E-state index contributed by atoms with van der Waals surface area (Å²) in [6.07, 6.45) is 2.39. The van der Waals surface area contributed by atoms with Crippen molar-refractivity contribution in [2.45, 2.75) is 78.1 Å². The number of allylic oxidation sites excluding steroid dienone is 2. The number of carboxylic acid groups (broad SMARTS) is 1. The van der Waals surface area contributed by atoms with Gasteiger partial charge in [-0.2, -0.15) is 0 Å². The molecule has 212 valence electrons. The zero-order valence-electron chi connectivity index (χ0n) is 22.8. The fraction of sp³-hybridized carbons (Fsp3) is 0.533. The van der Waals surface area contributed by atoms with Crippen LogP contribution >= 0.6 is 0 Å². The Morgan fingerprint density at radius 3 is 2.54 bits per heavy atom. The van der Waals surface area contributed by atoms with Crippen molar-refractivity contribution in [3.8, 4) is 0 Å². The van der Waals surface area contributed by atoms with Crippen LogP contribution in [0, 0.1) is 23.7 Å². The standard InChI is InChI=1S/C30H39NO8/c1-4-18(2)30(37)39-27-13-12-25(31-38-17-20-8-6-5-7-9-20)24-16-26(34)19(3)23(29(24)27)11-10-21(32)14-22(33)15-28(35)36/h5-9,12,16,18-19,22-23,27,29,31,33H,4,10-11,13-15,17H2,1-3H3,(H,35,36). The van der Waals surface area contributed by atoms with E-state index in [1.165, 1.54) is 0 Å². The van der Waals surface area contributed by atoms with Gasteiger partial charge in [-0.05, 0) is 36.0 Å². The highest BCUT2D eigenvalue weighted by atomic mass is 16.6. The molecule has 1 aromatic rings. The van der Waals surface area contributed by atoms with Crippen molar-refractivity contribution in [1.29, 1.82) is 0 Å². The van der Waals surface area contributed by atoms with Gasteiger partial charge in [-0.1, -0.05) is 57.2 Å². The lowest BCUT2D eigenvalue weighted by Gasteiger charge is -2.43. The molecule has 0 saturated heterocycles. The highest BCUT2D eigenvalue weighted by molar-refractivity contribution is 5.94. The molecule has 0 aromatic heterocycles. The van der Waals surface area contributed by atoms with E-state index in [4.69, 9.17) is 14.7 Å². The largest absolute Gasteiger partial charge is 0.481 e. The molecule has 1 aromatic carbocycles. The van der Waals surface area contributed by atoms with E-state index < -0.39 is 30.5 Å². The van der Waals surface area contributed by atoms with Crippen LogP contribution in [0.25, 0.3) is 0 Å². The predicted octanol–water partition coefficient (Wildman–Crippen LogP) is 3.91. The van der Waals surface area contributed by atoms with Crippen molar-refractivity contribution >= 4 is 23.5 Å². The van der Waals surface area contributed by atoms with E-state index in [9.17, 15) is 24.3 Å². The summed E-state index contributed by atoms with van der Waals surface area (Å²) in [7, 11) is 0. The number of aliphatic hydroxyl groups is 1. The monoisotopic (exact) mass is 541 g/mol. The van der Waals surface area contributed by atoms with Gasteiger partial charge in [0.1, 0.15) is 11.9 Å². The second kappa shape index (κ2) is 14.2. The van der Waals surface area contributed by atoms with Gasteiger partial charge in [0.25, 0.3) is 0 Å². The first-order chi connectivity index (χ1) is 18.6. The average molecular weight is 542 g/mol. The molecule has 0 heterocycles. The number of nitrogens with one attached hydrogen (secondary N) is 1. The number of esters is 1. The predicted molar refractivity (Wildman–Crippen MR) is 143 cm³/mol. The van der Waals surface area contributed by atoms with Crippen molar-refractivity contribution in [2.75, 3.05) is 0 Å². The molecule has 2 aliphatic carbocycles. The maximum atomic E-state index is 13.1. The molecule has 0 aliphatic heterocycles. The lowest BCUT2D eigenvalue weighted by Crippen LogP contribution is -2.45. The van der Waals surface area contributed by atoms with E-state index in [-0.39, 0.29) is 48.1 Å². The Bertz CT molecular complexity index is 1100. The van der Waals surface area contributed by atoms with Crippen LogP contribution in [0.4, 0.5) is 0 Å². The summed E-state index contributed by atoms with van der Waals surface area (Å²) in [5.74, 6) is -3.16. The van der Waals surface area contributed by atoms with Crippen molar-refractivity contribution in [1.82, 2.24) is 5.48 Å². The molecule has 9 nitrogen and oxygen atoms in total. The fourth-order valence-electron chi connectivity index (χ4n) is 5.19. The number of carbonyl (C=O) groups excluding carboxylic acids is 3. The molecule has 0 saturated carbocycles. The SMILES string of the molecule is CCC(C)C(=O)OC1CC=C(NOCc2ccccc2)C2=CC(=O)C(C)C(CCC(=O)CC(O)CC(=O)O)C21. The molecule has 6 atom stereocenters. The third-order valence-corrected chi connectivity index (χ3v) is 7.65. The molecule has 2 aliphatic rings. The average Bonchev–Trinajstić information content (AvgIpc) is 2.89. The highest BCUT2D eigenvalue weighted by Crippen LogP contribution is 2.45. The van der Waals surface area contributed by atoms with Gasteiger partial charge >= 0.3 is 11.9 Å². The third-order valence-electron chi connectivity index (χ3n) is 7.65. The van der Waals surface area contributed by atoms with Crippen LogP contribution < -0.4 is 5.48 Å².